The van der Waals surface area contributed by atoms with E-state index < -0.39 is 0 Å². The highest BCUT2D eigenvalue weighted by Crippen LogP contribution is 2.52. The van der Waals surface area contributed by atoms with E-state index in [0.29, 0.717) is 30.3 Å². The van der Waals surface area contributed by atoms with Gasteiger partial charge in [0.15, 0.2) is 5.65 Å². The van der Waals surface area contributed by atoms with Crippen LogP contribution in [0.3, 0.4) is 0 Å². The van der Waals surface area contributed by atoms with Gasteiger partial charge in [-0.25, -0.2) is 9.50 Å². The molecule has 1 unspecified atom stereocenters. The maximum absolute atomic E-state index is 11.4. The van der Waals surface area contributed by atoms with Crippen molar-refractivity contribution in [2.75, 3.05) is 13.1 Å². The summed E-state index contributed by atoms with van der Waals surface area (Å²) in [4.78, 5) is 24.7. The topological polar surface area (TPSA) is 92.3 Å². The van der Waals surface area contributed by atoms with Crippen LogP contribution in [0.1, 0.15) is 60.1 Å². The number of aromatic nitrogens is 4. The second-order valence-corrected chi connectivity index (χ2v) is 11.2. The Morgan fingerprint density at radius 2 is 2.15 bits per heavy atom. The van der Waals surface area contributed by atoms with Gasteiger partial charge in [0.1, 0.15) is 11.2 Å². The molecule has 3 atom stereocenters. The Morgan fingerprint density at radius 1 is 1.33 bits per heavy atom. The number of fused-ring (bicyclic) bond motifs is 4. The summed E-state index contributed by atoms with van der Waals surface area (Å²) in [6, 6.07) is 2.70. The zero-order valence-electron chi connectivity index (χ0n) is 19.6. The number of rotatable bonds is 5. The smallest absolute Gasteiger partial charge is 0.231 e. The number of nitrogens with one attached hydrogen (secondary N) is 1. The van der Waals surface area contributed by atoms with Crippen LogP contribution in [0.2, 0.25) is 0 Å². The van der Waals surface area contributed by atoms with Gasteiger partial charge in [-0.1, -0.05) is 13.8 Å². The van der Waals surface area contributed by atoms with Crippen molar-refractivity contribution in [3.8, 4) is 11.3 Å². The first kappa shape index (κ1) is 20.9. The van der Waals surface area contributed by atoms with E-state index in [-0.39, 0.29) is 5.91 Å². The number of carbonyl (C=O) groups excluding carboxylic acids is 1. The Labute approximate surface area is 197 Å². The molecule has 1 saturated carbocycles. The van der Waals surface area contributed by atoms with Crippen molar-refractivity contribution in [2.24, 2.45) is 11.7 Å². The minimum atomic E-state index is -0.215. The number of amides is 1. The maximum atomic E-state index is 11.4. The summed E-state index contributed by atoms with van der Waals surface area (Å²) in [6.07, 6.45) is 6.01. The lowest BCUT2D eigenvalue weighted by atomic mass is 9.89. The average molecular weight is 463 g/mol. The van der Waals surface area contributed by atoms with Crippen LogP contribution < -0.4 is 5.73 Å². The van der Waals surface area contributed by atoms with Crippen molar-refractivity contribution in [2.45, 2.75) is 58.4 Å². The molecule has 4 aromatic heterocycles. The number of nitrogens with two attached hydrogens (primary N) is 1. The summed E-state index contributed by atoms with van der Waals surface area (Å²) in [5, 5.41) is 5.77. The Morgan fingerprint density at radius 3 is 2.85 bits per heavy atom. The van der Waals surface area contributed by atoms with Crippen molar-refractivity contribution >= 4 is 33.1 Å². The van der Waals surface area contributed by atoms with Crippen LogP contribution in [0, 0.1) is 19.8 Å². The zero-order chi connectivity index (χ0) is 23.0. The number of aromatic amines is 1. The molecule has 33 heavy (non-hydrogen) atoms. The van der Waals surface area contributed by atoms with Crippen molar-refractivity contribution in [3.63, 3.8) is 0 Å². The number of piperidine rings is 1. The first-order valence-electron chi connectivity index (χ1n) is 11.8. The van der Waals surface area contributed by atoms with Crippen LogP contribution in [-0.2, 0) is 4.79 Å². The first-order valence-corrected chi connectivity index (χ1v) is 12.6. The number of pyridine rings is 1. The molecule has 2 bridgehead atoms. The van der Waals surface area contributed by atoms with E-state index in [2.05, 4.69) is 59.9 Å². The van der Waals surface area contributed by atoms with Crippen LogP contribution in [0.25, 0.3) is 27.1 Å². The predicted molar refractivity (Wildman–Crippen MR) is 132 cm³/mol. The van der Waals surface area contributed by atoms with Gasteiger partial charge in [0.05, 0.1) is 12.2 Å². The van der Waals surface area contributed by atoms with Crippen LogP contribution in [0.5, 0.6) is 0 Å². The van der Waals surface area contributed by atoms with E-state index in [4.69, 9.17) is 5.73 Å². The lowest BCUT2D eigenvalue weighted by molar-refractivity contribution is -0.119. The first-order chi connectivity index (χ1) is 15.8. The quantitative estimate of drug-likeness (QED) is 0.461. The number of hydrogen-bond acceptors (Lipinski definition) is 5. The molecule has 1 saturated heterocycles. The van der Waals surface area contributed by atoms with Crippen molar-refractivity contribution < 1.29 is 4.79 Å². The average Bonchev–Trinajstić information content (AvgIpc) is 3.53. The Balaban J connectivity index is 1.41. The monoisotopic (exact) mass is 462 g/mol. The number of carbonyl (C=O) groups is 1. The molecule has 8 heteroatoms. The van der Waals surface area contributed by atoms with Gasteiger partial charge in [0, 0.05) is 34.6 Å². The fourth-order valence-corrected chi connectivity index (χ4v) is 7.83. The zero-order valence-corrected chi connectivity index (χ0v) is 20.4. The summed E-state index contributed by atoms with van der Waals surface area (Å²) in [5.41, 5.74) is 12.7. The highest BCUT2D eigenvalue weighted by atomic mass is 32.1. The molecule has 0 radical (unpaired) electrons. The summed E-state index contributed by atoms with van der Waals surface area (Å²) >= 11 is 1.93. The number of H-pyrrole nitrogens is 1. The SMILES string of the molecule is Cc1c([C@@H]2CC3C[C@H]2CN3CC(N)=O)sc2[nH]c(-c3cc(C)c4ncnn4c3)c(C(C)C)c12. The van der Waals surface area contributed by atoms with Gasteiger partial charge in [0.25, 0.3) is 0 Å². The highest BCUT2D eigenvalue weighted by molar-refractivity contribution is 7.19. The number of hydrogen-bond donors (Lipinski definition) is 2. The van der Waals surface area contributed by atoms with Crippen LogP contribution in [0.15, 0.2) is 18.6 Å². The molecule has 1 aliphatic heterocycles. The van der Waals surface area contributed by atoms with E-state index in [1.54, 1.807) is 6.33 Å². The number of likely N-dealkylation sites (tertiary alicyclic amines) is 1. The maximum Gasteiger partial charge on any atom is 0.231 e. The second kappa shape index (κ2) is 7.40. The molecule has 2 aliphatic rings. The Hall–Kier alpha value is -2.71. The Kier molecular flexibility index (Phi) is 4.68. The van der Waals surface area contributed by atoms with Gasteiger partial charge in [-0.3, -0.25) is 9.69 Å². The molecule has 0 aromatic carbocycles. The summed E-state index contributed by atoms with van der Waals surface area (Å²) in [7, 11) is 0. The van der Waals surface area contributed by atoms with Crippen molar-refractivity contribution in [3.05, 3.63) is 40.2 Å². The molecule has 0 spiro atoms. The van der Waals surface area contributed by atoms with E-state index in [9.17, 15) is 4.79 Å². The molecule has 1 amide bonds. The van der Waals surface area contributed by atoms with E-state index >= 15 is 0 Å². The minimum Gasteiger partial charge on any atom is -0.369 e. The van der Waals surface area contributed by atoms with Gasteiger partial charge in [0.2, 0.25) is 5.91 Å². The molecule has 7 nitrogen and oxygen atoms in total. The molecule has 1 aliphatic carbocycles. The van der Waals surface area contributed by atoms with Crippen LogP contribution in [0.4, 0.5) is 0 Å². The molecule has 6 rings (SSSR count). The molecule has 3 N–H and O–H groups in total. The molecule has 4 aromatic rings. The number of aryl methyl sites for hydroxylation is 2. The molecule has 172 valence electrons. The fourth-order valence-electron chi connectivity index (χ4n) is 6.40. The van der Waals surface area contributed by atoms with Gasteiger partial charge in [-0.05, 0) is 67.2 Å². The molecular weight excluding hydrogens is 432 g/mol. The van der Waals surface area contributed by atoms with Gasteiger partial charge in [-0.2, -0.15) is 5.10 Å². The normalized spacial score (nSPS) is 23.0. The number of thiophene rings is 1. The van der Waals surface area contributed by atoms with Gasteiger partial charge >= 0.3 is 0 Å². The third kappa shape index (κ3) is 3.14. The summed E-state index contributed by atoms with van der Waals surface area (Å²) in [5.74, 6) is 1.39. The van der Waals surface area contributed by atoms with Crippen molar-refractivity contribution in [1.82, 2.24) is 24.5 Å². The summed E-state index contributed by atoms with van der Waals surface area (Å²) in [6.45, 7) is 10.3. The Bertz CT molecular complexity index is 1400. The molecule has 5 heterocycles. The second-order valence-electron chi connectivity index (χ2n) is 10.2. The van der Waals surface area contributed by atoms with Crippen molar-refractivity contribution in [1.29, 1.82) is 0 Å². The third-order valence-corrected chi connectivity index (χ3v) is 9.08. The van der Waals surface area contributed by atoms with Gasteiger partial charge in [-0.15, -0.1) is 11.3 Å². The fraction of sp³-hybridized carbons (Fsp3) is 0.480. The number of nitrogens with zero attached hydrogens (tertiary/aromatic N) is 4. The van der Waals surface area contributed by atoms with E-state index in [1.807, 2.05) is 15.9 Å². The molecule has 2 fully saturated rings. The van der Waals surface area contributed by atoms with Crippen LogP contribution in [-0.4, -0.2) is 49.5 Å². The van der Waals surface area contributed by atoms with Crippen LogP contribution >= 0.6 is 11.3 Å². The number of primary amides is 1. The van der Waals surface area contributed by atoms with E-state index in [0.717, 1.165) is 29.7 Å². The standard InChI is InChI=1S/C25H30N6OS/c1-12(2)20-21-14(4)23(18-7-17-6-15(18)8-30(17)10-19(26)32)33-25(21)29-22(20)16-5-13(3)24-27-11-28-31(24)9-16/h5,9,11-12,15,17-18,29H,6-8,10H2,1-4H3,(H2,26,32)/t15-,17?,18+/m0/s1. The lowest BCUT2D eigenvalue weighted by Gasteiger charge is -2.30. The summed E-state index contributed by atoms with van der Waals surface area (Å²) < 4.78 is 1.87. The van der Waals surface area contributed by atoms with E-state index in [1.165, 1.54) is 38.3 Å². The molecular formula is C25H30N6OS. The largest absolute Gasteiger partial charge is 0.369 e. The lowest BCUT2D eigenvalue weighted by Crippen LogP contribution is -2.40. The van der Waals surface area contributed by atoms with Gasteiger partial charge < -0.3 is 10.7 Å². The highest BCUT2D eigenvalue weighted by Gasteiger charge is 2.46. The minimum absolute atomic E-state index is 0.215. The third-order valence-electron chi connectivity index (χ3n) is 7.74. The predicted octanol–water partition coefficient (Wildman–Crippen LogP) is 4.34.